The molecule has 0 spiro atoms. The van der Waals surface area contributed by atoms with Crippen molar-refractivity contribution in [3.05, 3.63) is 71.5 Å². The standard InChI is InChI=1S/C22H21N3O3/c1-14-4-3-5-19(15(14)2)25-22(26)16-10-18(13-23-12-16)24-17-6-7-20-21(11-17)28-9-8-27-20/h3-7,10-13,24H,8-9H2,1-2H3,(H,25,26). The molecule has 1 aliphatic rings. The Kier molecular flexibility index (Phi) is 4.85. The largest absolute Gasteiger partial charge is 0.486 e. The van der Waals surface area contributed by atoms with Gasteiger partial charge in [-0.15, -0.1) is 0 Å². The van der Waals surface area contributed by atoms with Crippen LogP contribution in [0.15, 0.2) is 54.9 Å². The van der Waals surface area contributed by atoms with Gasteiger partial charge in [0.05, 0.1) is 17.4 Å². The number of ether oxygens (including phenoxy) is 2. The van der Waals surface area contributed by atoms with E-state index in [1.165, 1.54) is 0 Å². The second-order valence-corrected chi connectivity index (χ2v) is 6.65. The Hall–Kier alpha value is -3.54. The molecular formula is C22H21N3O3. The molecule has 0 atom stereocenters. The summed E-state index contributed by atoms with van der Waals surface area (Å²) in [6.07, 6.45) is 3.22. The minimum atomic E-state index is -0.202. The third-order valence-electron chi connectivity index (χ3n) is 4.68. The summed E-state index contributed by atoms with van der Waals surface area (Å²) in [7, 11) is 0. The maximum atomic E-state index is 12.7. The van der Waals surface area contributed by atoms with Gasteiger partial charge in [0.1, 0.15) is 13.2 Å². The average Bonchev–Trinajstić information content (AvgIpc) is 2.71. The van der Waals surface area contributed by atoms with Crippen LogP contribution >= 0.6 is 0 Å². The zero-order chi connectivity index (χ0) is 19.5. The molecule has 0 unspecified atom stereocenters. The third-order valence-corrected chi connectivity index (χ3v) is 4.68. The van der Waals surface area contributed by atoms with E-state index < -0.39 is 0 Å². The number of anilines is 3. The fourth-order valence-corrected chi connectivity index (χ4v) is 3.00. The number of pyridine rings is 1. The summed E-state index contributed by atoms with van der Waals surface area (Å²) in [6, 6.07) is 13.2. The summed E-state index contributed by atoms with van der Waals surface area (Å²) >= 11 is 0. The Morgan fingerprint density at radius 1 is 0.964 bits per heavy atom. The number of hydrogen-bond donors (Lipinski definition) is 2. The smallest absolute Gasteiger partial charge is 0.257 e. The van der Waals surface area contributed by atoms with Gasteiger partial charge in [0, 0.05) is 23.6 Å². The Morgan fingerprint density at radius 2 is 1.79 bits per heavy atom. The molecule has 0 bridgehead atoms. The van der Waals surface area contributed by atoms with Crippen LogP contribution in [0, 0.1) is 13.8 Å². The summed E-state index contributed by atoms with van der Waals surface area (Å²) in [5.41, 5.74) is 5.00. The van der Waals surface area contributed by atoms with Crippen LogP contribution in [0.25, 0.3) is 0 Å². The normalized spacial score (nSPS) is 12.4. The van der Waals surface area contributed by atoms with Crippen molar-refractivity contribution in [1.29, 1.82) is 0 Å². The fraction of sp³-hybridized carbons (Fsp3) is 0.182. The number of aromatic nitrogens is 1. The molecule has 2 heterocycles. The van der Waals surface area contributed by atoms with Crippen molar-refractivity contribution in [1.82, 2.24) is 4.98 Å². The molecule has 6 heteroatoms. The SMILES string of the molecule is Cc1cccc(NC(=O)c2cncc(Nc3ccc4c(c3)OCCO4)c2)c1C. The summed E-state index contributed by atoms with van der Waals surface area (Å²) < 4.78 is 11.1. The molecule has 0 saturated heterocycles. The molecule has 2 N–H and O–H groups in total. The lowest BCUT2D eigenvalue weighted by Crippen LogP contribution is -2.15. The first-order valence-corrected chi connectivity index (χ1v) is 9.09. The number of aryl methyl sites for hydroxylation is 1. The molecule has 0 radical (unpaired) electrons. The number of carbonyl (C=O) groups is 1. The number of hydrogen-bond acceptors (Lipinski definition) is 5. The van der Waals surface area contributed by atoms with Crippen LogP contribution in [-0.4, -0.2) is 24.1 Å². The van der Waals surface area contributed by atoms with Crippen molar-refractivity contribution >= 4 is 23.0 Å². The van der Waals surface area contributed by atoms with Crippen molar-refractivity contribution in [3.63, 3.8) is 0 Å². The van der Waals surface area contributed by atoms with Gasteiger partial charge >= 0.3 is 0 Å². The molecule has 142 valence electrons. The zero-order valence-electron chi connectivity index (χ0n) is 15.8. The molecule has 0 fully saturated rings. The number of benzene rings is 2. The predicted octanol–water partition coefficient (Wildman–Crippen LogP) is 4.47. The Balaban J connectivity index is 1.51. The Morgan fingerprint density at radius 3 is 2.64 bits per heavy atom. The van der Waals surface area contributed by atoms with E-state index in [4.69, 9.17) is 9.47 Å². The number of nitrogens with zero attached hydrogens (tertiary/aromatic N) is 1. The van der Waals surface area contributed by atoms with Crippen molar-refractivity contribution in [3.8, 4) is 11.5 Å². The maximum absolute atomic E-state index is 12.7. The lowest BCUT2D eigenvalue weighted by molar-refractivity contribution is 0.102. The van der Waals surface area contributed by atoms with Crippen molar-refractivity contribution < 1.29 is 14.3 Å². The summed E-state index contributed by atoms with van der Waals surface area (Å²) in [5.74, 6) is 1.23. The van der Waals surface area contributed by atoms with Crippen LogP contribution in [0.4, 0.5) is 17.1 Å². The van der Waals surface area contributed by atoms with Gasteiger partial charge in [-0.05, 0) is 49.2 Å². The molecule has 2 aromatic carbocycles. The van der Waals surface area contributed by atoms with Gasteiger partial charge in [-0.2, -0.15) is 0 Å². The highest BCUT2D eigenvalue weighted by Gasteiger charge is 2.13. The first-order valence-electron chi connectivity index (χ1n) is 9.09. The highest BCUT2D eigenvalue weighted by Crippen LogP contribution is 2.33. The van der Waals surface area contributed by atoms with Crippen LogP contribution in [0.1, 0.15) is 21.5 Å². The first-order chi connectivity index (χ1) is 13.6. The van der Waals surface area contributed by atoms with Crippen molar-refractivity contribution in [2.45, 2.75) is 13.8 Å². The second-order valence-electron chi connectivity index (χ2n) is 6.65. The van der Waals surface area contributed by atoms with Crippen molar-refractivity contribution in [2.24, 2.45) is 0 Å². The van der Waals surface area contributed by atoms with Crippen LogP contribution < -0.4 is 20.1 Å². The van der Waals surface area contributed by atoms with Gasteiger partial charge < -0.3 is 20.1 Å². The molecular weight excluding hydrogens is 354 g/mol. The molecule has 4 rings (SSSR count). The van der Waals surface area contributed by atoms with E-state index in [2.05, 4.69) is 15.6 Å². The number of nitrogens with one attached hydrogen (secondary N) is 2. The van der Waals surface area contributed by atoms with E-state index in [1.54, 1.807) is 18.5 Å². The Bertz CT molecular complexity index is 1030. The van der Waals surface area contributed by atoms with Crippen LogP contribution in [-0.2, 0) is 0 Å². The van der Waals surface area contributed by atoms with Gasteiger partial charge in [0.15, 0.2) is 11.5 Å². The van der Waals surface area contributed by atoms with Gasteiger partial charge in [-0.3, -0.25) is 9.78 Å². The lowest BCUT2D eigenvalue weighted by atomic mass is 10.1. The van der Waals surface area contributed by atoms with E-state index in [-0.39, 0.29) is 5.91 Å². The van der Waals surface area contributed by atoms with E-state index in [9.17, 15) is 4.79 Å². The topological polar surface area (TPSA) is 72.5 Å². The van der Waals surface area contributed by atoms with E-state index in [1.807, 2.05) is 50.2 Å². The van der Waals surface area contributed by atoms with Crippen LogP contribution in [0.3, 0.4) is 0 Å². The molecule has 1 aromatic heterocycles. The van der Waals surface area contributed by atoms with E-state index in [0.717, 1.165) is 28.3 Å². The molecule has 0 aliphatic carbocycles. The molecule has 0 saturated carbocycles. The molecule has 28 heavy (non-hydrogen) atoms. The number of carbonyl (C=O) groups excluding carboxylic acids is 1. The van der Waals surface area contributed by atoms with Gasteiger partial charge in [-0.25, -0.2) is 0 Å². The van der Waals surface area contributed by atoms with E-state index >= 15 is 0 Å². The van der Waals surface area contributed by atoms with Crippen LogP contribution in [0.2, 0.25) is 0 Å². The Labute approximate surface area is 163 Å². The molecule has 1 amide bonds. The second kappa shape index (κ2) is 7.60. The highest BCUT2D eigenvalue weighted by atomic mass is 16.6. The maximum Gasteiger partial charge on any atom is 0.257 e. The minimum Gasteiger partial charge on any atom is -0.486 e. The van der Waals surface area contributed by atoms with Gasteiger partial charge in [0.25, 0.3) is 5.91 Å². The predicted molar refractivity (Wildman–Crippen MR) is 109 cm³/mol. The minimum absolute atomic E-state index is 0.202. The molecule has 3 aromatic rings. The lowest BCUT2D eigenvalue weighted by Gasteiger charge is -2.19. The monoisotopic (exact) mass is 375 g/mol. The van der Waals surface area contributed by atoms with E-state index in [0.29, 0.717) is 30.2 Å². The summed E-state index contributed by atoms with van der Waals surface area (Å²) in [6.45, 7) is 5.10. The van der Waals surface area contributed by atoms with Crippen LogP contribution in [0.5, 0.6) is 11.5 Å². The first kappa shape index (κ1) is 17.9. The number of amides is 1. The summed E-state index contributed by atoms with van der Waals surface area (Å²) in [4.78, 5) is 16.9. The summed E-state index contributed by atoms with van der Waals surface area (Å²) in [5, 5.41) is 6.21. The number of fused-ring (bicyclic) bond motifs is 1. The quantitative estimate of drug-likeness (QED) is 0.704. The van der Waals surface area contributed by atoms with Gasteiger partial charge in [-0.1, -0.05) is 12.1 Å². The molecule has 6 nitrogen and oxygen atoms in total. The fourth-order valence-electron chi connectivity index (χ4n) is 3.00. The van der Waals surface area contributed by atoms with Gasteiger partial charge in [0.2, 0.25) is 0 Å². The highest BCUT2D eigenvalue weighted by molar-refractivity contribution is 6.05. The average molecular weight is 375 g/mol. The van der Waals surface area contributed by atoms with Crippen molar-refractivity contribution in [2.75, 3.05) is 23.8 Å². The zero-order valence-corrected chi connectivity index (χ0v) is 15.8. The molecule has 1 aliphatic heterocycles. The third kappa shape index (κ3) is 3.76. The number of rotatable bonds is 4.